The van der Waals surface area contributed by atoms with Crippen LogP contribution in [0.4, 0.5) is 13.2 Å². The Balaban J connectivity index is 0.000000320. The zero-order valence-electron chi connectivity index (χ0n) is 22.1. The molecule has 0 unspecified atom stereocenters. The van der Waals surface area contributed by atoms with E-state index in [-0.39, 0.29) is 53.2 Å². The lowest BCUT2D eigenvalue weighted by Crippen LogP contribution is -2.52. The first-order chi connectivity index (χ1) is 18.2. The fourth-order valence-corrected chi connectivity index (χ4v) is 5.70. The SMILES string of the molecule is CC(=O)N(C)CC(=O)N1[C@@H]2CC[C@H]1C[C@H]([C@H](N)Cc1cc(F)c(F)cc1F)C2.Cc1ccc(S(=O)(=O)O)cc1. The lowest BCUT2D eigenvalue weighted by molar-refractivity contribution is -0.142. The predicted octanol–water partition coefficient (Wildman–Crippen LogP) is 3.46. The summed E-state index contributed by atoms with van der Waals surface area (Å²) < 4.78 is 70.0. The Morgan fingerprint density at radius 2 is 1.59 bits per heavy atom. The maximum Gasteiger partial charge on any atom is 0.294 e. The number of hydrogen-bond donors (Lipinski definition) is 2. The number of piperidine rings is 1. The third-order valence-corrected chi connectivity index (χ3v) is 8.30. The summed E-state index contributed by atoms with van der Waals surface area (Å²) in [5.74, 6) is -3.25. The van der Waals surface area contributed by atoms with Crippen LogP contribution in [0.3, 0.4) is 0 Å². The van der Waals surface area contributed by atoms with Crippen LogP contribution in [0.1, 0.15) is 43.7 Å². The summed E-state index contributed by atoms with van der Waals surface area (Å²) in [4.78, 5) is 27.2. The van der Waals surface area contributed by atoms with Crippen LogP contribution >= 0.6 is 0 Å². The molecule has 214 valence electrons. The molecule has 2 aliphatic rings. The average Bonchev–Trinajstić information content (AvgIpc) is 3.11. The monoisotopic (exact) mass is 569 g/mol. The van der Waals surface area contributed by atoms with Gasteiger partial charge in [0.1, 0.15) is 5.82 Å². The molecule has 2 aromatic carbocycles. The summed E-state index contributed by atoms with van der Waals surface area (Å²) in [5, 5.41) is 0. The van der Waals surface area contributed by atoms with E-state index in [1.807, 2.05) is 11.8 Å². The number of nitrogens with two attached hydrogens (primary N) is 1. The minimum absolute atomic E-state index is 0.0532. The quantitative estimate of drug-likeness (QED) is 0.406. The lowest BCUT2D eigenvalue weighted by Gasteiger charge is -2.41. The summed E-state index contributed by atoms with van der Waals surface area (Å²) >= 11 is 0. The first-order valence-electron chi connectivity index (χ1n) is 12.6. The Labute approximate surface area is 226 Å². The van der Waals surface area contributed by atoms with Gasteiger partial charge in [-0.1, -0.05) is 17.7 Å². The van der Waals surface area contributed by atoms with Crippen LogP contribution in [-0.4, -0.2) is 66.3 Å². The van der Waals surface area contributed by atoms with Crippen molar-refractivity contribution in [1.29, 1.82) is 0 Å². The number of fused-ring (bicyclic) bond motifs is 2. The molecule has 2 aromatic rings. The maximum atomic E-state index is 13.9. The Kier molecular flexibility index (Phi) is 9.78. The maximum absolute atomic E-state index is 13.9. The van der Waals surface area contributed by atoms with Gasteiger partial charge in [0.25, 0.3) is 10.1 Å². The van der Waals surface area contributed by atoms with Gasteiger partial charge in [0, 0.05) is 38.2 Å². The molecule has 4 atom stereocenters. The number of aryl methyl sites for hydroxylation is 1. The minimum atomic E-state index is -4.02. The van der Waals surface area contributed by atoms with Crippen LogP contribution < -0.4 is 5.73 Å². The number of nitrogens with zero attached hydrogens (tertiary/aromatic N) is 2. The van der Waals surface area contributed by atoms with Crippen molar-refractivity contribution < 1.29 is 35.7 Å². The van der Waals surface area contributed by atoms with Gasteiger partial charge in [0.2, 0.25) is 11.8 Å². The first kappa shape index (κ1) is 30.6. The third kappa shape index (κ3) is 7.80. The molecule has 4 rings (SSSR count). The summed E-state index contributed by atoms with van der Waals surface area (Å²) in [6.07, 6.45) is 3.26. The molecule has 39 heavy (non-hydrogen) atoms. The largest absolute Gasteiger partial charge is 0.337 e. The molecule has 3 N–H and O–H groups in total. The second-order valence-electron chi connectivity index (χ2n) is 10.3. The third-order valence-electron chi connectivity index (χ3n) is 7.44. The van der Waals surface area contributed by atoms with Crippen LogP contribution in [0.2, 0.25) is 0 Å². The van der Waals surface area contributed by atoms with Gasteiger partial charge in [-0.3, -0.25) is 14.1 Å². The molecule has 12 heteroatoms. The average molecular weight is 570 g/mol. The van der Waals surface area contributed by atoms with Gasteiger partial charge < -0.3 is 15.5 Å². The van der Waals surface area contributed by atoms with Crippen molar-refractivity contribution in [2.75, 3.05) is 13.6 Å². The molecule has 2 amide bonds. The molecule has 0 spiro atoms. The number of likely N-dealkylation sites (N-methyl/N-ethyl adjacent to an activating group) is 1. The number of amides is 2. The number of rotatable bonds is 6. The predicted molar refractivity (Wildman–Crippen MR) is 139 cm³/mol. The topological polar surface area (TPSA) is 121 Å². The molecule has 0 saturated carbocycles. The van der Waals surface area contributed by atoms with Crippen LogP contribution in [0.25, 0.3) is 0 Å². The zero-order chi connectivity index (χ0) is 29.1. The number of halogens is 3. The number of carbonyl (C=O) groups is 2. The number of carbonyl (C=O) groups excluding carboxylic acids is 2. The summed E-state index contributed by atoms with van der Waals surface area (Å²) in [6, 6.07) is 7.11. The van der Waals surface area contributed by atoms with E-state index in [4.69, 9.17) is 10.3 Å². The standard InChI is InChI=1S/C20H26F3N3O2.C7H8O3S/c1-11(27)25(2)10-20(28)26-14-3-4-15(26)6-13(5-14)19(24)8-12-7-17(22)18(23)9-16(12)21;1-6-2-4-7(5-3-6)11(8,9)10/h7,9,13-15,19H,3-6,8,10,24H2,1-2H3;2-5H,1H3,(H,8,9,10)/t13-,14-,15+,19-;/m1./s1. The highest BCUT2D eigenvalue weighted by Gasteiger charge is 2.44. The van der Waals surface area contributed by atoms with Crippen LogP contribution in [-0.2, 0) is 26.1 Å². The van der Waals surface area contributed by atoms with Gasteiger partial charge in [0.05, 0.1) is 11.4 Å². The summed E-state index contributed by atoms with van der Waals surface area (Å²) in [5.41, 5.74) is 7.32. The van der Waals surface area contributed by atoms with Crippen molar-refractivity contribution in [3.8, 4) is 0 Å². The van der Waals surface area contributed by atoms with E-state index < -0.39 is 33.6 Å². The van der Waals surface area contributed by atoms with Crippen LogP contribution in [0.5, 0.6) is 0 Å². The summed E-state index contributed by atoms with van der Waals surface area (Å²) in [6.45, 7) is 3.32. The normalized spacial score (nSPS) is 21.1. The molecule has 2 bridgehead atoms. The van der Waals surface area contributed by atoms with Crippen molar-refractivity contribution >= 4 is 21.9 Å². The van der Waals surface area contributed by atoms with E-state index in [1.54, 1.807) is 19.2 Å². The molecule has 8 nitrogen and oxygen atoms in total. The van der Waals surface area contributed by atoms with Gasteiger partial charge in [-0.15, -0.1) is 0 Å². The fraction of sp³-hybridized carbons (Fsp3) is 0.481. The second kappa shape index (κ2) is 12.5. The molecular formula is C27H34F3N3O5S. The van der Waals surface area contributed by atoms with E-state index in [0.717, 1.165) is 24.5 Å². The highest BCUT2D eigenvalue weighted by atomic mass is 32.2. The van der Waals surface area contributed by atoms with Crippen molar-refractivity contribution in [3.63, 3.8) is 0 Å². The van der Waals surface area contributed by atoms with E-state index in [2.05, 4.69) is 0 Å². The smallest absolute Gasteiger partial charge is 0.294 e. The molecular weight excluding hydrogens is 535 g/mol. The molecule has 2 heterocycles. The molecule has 0 aromatic heterocycles. The molecule has 2 saturated heterocycles. The van der Waals surface area contributed by atoms with Gasteiger partial charge in [-0.05, 0) is 68.7 Å². The van der Waals surface area contributed by atoms with Gasteiger partial charge in [0.15, 0.2) is 11.6 Å². The zero-order valence-corrected chi connectivity index (χ0v) is 22.9. The van der Waals surface area contributed by atoms with Gasteiger partial charge in [-0.25, -0.2) is 13.2 Å². The van der Waals surface area contributed by atoms with Gasteiger partial charge in [-0.2, -0.15) is 8.42 Å². The molecule has 0 radical (unpaired) electrons. The van der Waals surface area contributed by atoms with Crippen molar-refractivity contribution in [1.82, 2.24) is 9.80 Å². The fourth-order valence-electron chi connectivity index (χ4n) is 5.22. The minimum Gasteiger partial charge on any atom is -0.337 e. The Morgan fingerprint density at radius 1 is 1.05 bits per heavy atom. The van der Waals surface area contributed by atoms with E-state index in [0.29, 0.717) is 18.9 Å². The van der Waals surface area contributed by atoms with E-state index in [9.17, 15) is 31.2 Å². The molecule has 0 aliphatic carbocycles. The Morgan fingerprint density at radius 3 is 2.10 bits per heavy atom. The van der Waals surface area contributed by atoms with E-state index >= 15 is 0 Å². The second-order valence-corrected chi connectivity index (χ2v) is 11.7. The van der Waals surface area contributed by atoms with Crippen LogP contribution in [0, 0.1) is 30.3 Å². The number of hydrogen-bond acceptors (Lipinski definition) is 5. The van der Waals surface area contributed by atoms with Crippen LogP contribution in [0.15, 0.2) is 41.3 Å². The highest BCUT2D eigenvalue weighted by Crippen LogP contribution is 2.40. The Bertz CT molecular complexity index is 1290. The molecule has 2 fully saturated rings. The first-order valence-corrected chi connectivity index (χ1v) is 14.1. The summed E-state index contributed by atoms with van der Waals surface area (Å²) in [7, 11) is -2.42. The van der Waals surface area contributed by atoms with Crippen molar-refractivity contribution in [2.24, 2.45) is 11.7 Å². The number of benzene rings is 2. The highest BCUT2D eigenvalue weighted by molar-refractivity contribution is 7.85. The van der Waals surface area contributed by atoms with E-state index in [1.165, 1.54) is 24.0 Å². The van der Waals surface area contributed by atoms with Gasteiger partial charge >= 0.3 is 0 Å². The van der Waals surface area contributed by atoms with Crippen molar-refractivity contribution in [2.45, 2.75) is 69.0 Å². The lowest BCUT2D eigenvalue weighted by atomic mass is 9.82. The van der Waals surface area contributed by atoms with Crippen molar-refractivity contribution in [3.05, 3.63) is 65.0 Å². The molecule has 2 aliphatic heterocycles. The Hall–Kier alpha value is -2.96.